The molecule has 1 fully saturated rings. The van der Waals surface area contributed by atoms with Gasteiger partial charge in [0.25, 0.3) is 5.91 Å². The number of aliphatic carboxylic acids is 1. The summed E-state index contributed by atoms with van der Waals surface area (Å²) < 4.78 is 0. The molecule has 0 aliphatic heterocycles. The van der Waals surface area contributed by atoms with Gasteiger partial charge in [0.05, 0.1) is 0 Å². The predicted octanol–water partition coefficient (Wildman–Crippen LogP) is 1.24. The van der Waals surface area contributed by atoms with Crippen LogP contribution in [-0.2, 0) is 9.59 Å². The van der Waals surface area contributed by atoms with E-state index in [0.29, 0.717) is 30.6 Å². The number of carbonyl (C=O) groups excluding carboxylic acids is 2. The first-order valence-corrected chi connectivity index (χ1v) is 6.43. The number of nitrogens with one attached hydrogen (secondary N) is 2. The maximum Gasteiger partial charge on any atom is 0.319 e. The van der Waals surface area contributed by atoms with Crippen molar-refractivity contribution in [1.82, 2.24) is 5.32 Å². The van der Waals surface area contributed by atoms with Gasteiger partial charge in [-0.1, -0.05) is 0 Å². The van der Waals surface area contributed by atoms with E-state index < -0.39 is 17.3 Å². The van der Waals surface area contributed by atoms with E-state index in [1.807, 2.05) is 6.92 Å². The highest BCUT2D eigenvalue weighted by atomic mass is 16.4. The molecule has 0 atom stereocenters. The number of carboxylic acid groups (broad SMARTS) is 1. The molecule has 0 aromatic heterocycles. The zero-order valence-electron chi connectivity index (χ0n) is 11.1. The molecule has 0 radical (unpaired) electrons. The smallest absolute Gasteiger partial charge is 0.319 e. The number of benzene rings is 1. The van der Waals surface area contributed by atoms with Gasteiger partial charge in [-0.05, 0) is 44.0 Å². The Balaban J connectivity index is 2.03. The third kappa shape index (κ3) is 2.64. The van der Waals surface area contributed by atoms with Crippen LogP contribution in [0.2, 0.25) is 0 Å². The van der Waals surface area contributed by atoms with Crippen LogP contribution in [0.15, 0.2) is 24.3 Å². The summed E-state index contributed by atoms with van der Waals surface area (Å²) in [4.78, 5) is 34.5. The van der Waals surface area contributed by atoms with E-state index in [1.54, 1.807) is 24.3 Å². The fraction of sp³-hybridized carbons (Fsp3) is 0.357. The molecular formula is C14H16N2O4. The van der Waals surface area contributed by atoms with Gasteiger partial charge < -0.3 is 15.7 Å². The maximum absolute atomic E-state index is 11.9. The summed E-state index contributed by atoms with van der Waals surface area (Å²) in [6.07, 6.45) is 0.732. The fourth-order valence-electron chi connectivity index (χ4n) is 1.88. The van der Waals surface area contributed by atoms with Crippen molar-refractivity contribution in [3.05, 3.63) is 29.8 Å². The van der Waals surface area contributed by atoms with Gasteiger partial charge in [-0.3, -0.25) is 14.4 Å². The van der Waals surface area contributed by atoms with Crippen molar-refractivity contribution in [2.24, 2.45) is 5.41 Å². The van der Waals surface area contributed by atoms with Crippen LogP contribution in [0.4, 0.5) is 5.69 Å². The average Bonchev–Trinajstić information content (AvgIpc) is 3.21. The largest absolute Gasteiger partial charge is 0.480 e. The third-order valence-electron chi connectivity index (χ3n) is 3.34. The minimum absolute atomic E-state index is 0.186. The van der Waals surface area contributed by atoms with Crippen molar-refractivity contribution in [3.8, 4) is 0 Å². The minimum Gasteiger partial charge on any atom is -0.480 e. The molecule has 1 aliphatic rings. The highest BCUT2D eigenvalue weighted by Crippen LogP contribution is 2.46. The van der Waals surface area contributed by atoms with Crippen molar-refractivity contribution in [1.29, 1.82) is 0 Å². The number of hydrogen-bond donors (Lipinski definition) is 3. The summed E-state index contributed by atoms with van der Waals surface area (Å²) in [5, 5.41) is 14.3. The second kappa shape index (κ2) is 5.32. The molecule has 106 valence electrons. The fourth-order valence-corrected chi connectivity index (χ4v) is 1.88. The Bertz CT molecular complexity index is 547. The summed E-state index contributed by atoms with van der Waals surface area (Å²) in [7, 11) is 0. The monoisotopic (exact) mass is 276 g/mol. The Kier molecular flexibility index (Phi) is 3.74. The molecule has 0 spiro atoms. The van der Waals surface area contributed by atoms with Crippen LogP contribution in [0.5, 0.6) is 0 Å². The van der Waals surface area contributed by atoms with Crippen LogP contribution in [0, 0.1) is 5.41 Å². The van der Waals surface area contributed by atoms with E-state index in [0.717, 1.165) is 0 Å². The van der Waals surface area contributed by atoms with Crippen LogP contribution >= 0.6 is 0 Å². The Morgan fingerprint density at radius 1 is 1.20 bits per heavy atom. The molecule has 1 aliphatic carbocycles. The number of amides is 2. The lowest BCUT2D eigenvalue weighted by atomic mass is 10.1. The van der Waals surface area contributed by atoms with Gasteiger partial charge in [0.15, 0.2) is 0 Å². The number of hydrogen-bond acceptors (Lipinski definition) is 3. The molecule has 0 bridgehead atoms. The maximum atomic E-state index is 11.9. The van der Waals surface area contributed by atoms with Gasteiger partial charge in [0.1, 0.15) is 5.41 Å². The van der Waals surface area contributed by atoms with Crippen LogP contribution in [0.3, 0.4) is 0 Å². The Morgan fingerprint density at radius 3 is 2.25 bits per heavy atom. The Labute approximate surface area is 116 Å². The first-order chi connectivity index (χ1) is 9.49. The van der Waals surface area contributed by atoms with Gasteiger partial charge in [-0.15, -0.1) is 0 Å². The third-order valence-corrected chi connectivity index (χ3v) is 3.34. The molecule has 20 heavy (non-hydrogen) atoms. The predicted molar refractivity (Wildman–Crippen MR) is 72.4 cm³/mol. The van der Waals surface area contributed by atoms with Gasteiger partial charge in [0, 0.05) is 17.8 Å². The van der Waals surface area contributed by atoms with E-state index >= 15 is 0 Å². The number of carboxylic acids is 1. The highest BCUT2D eigenvalue weighted by Gasteiger charge is 2.57. The number of rotatable bonds is 5. The SMILES string of the molecule is CCNC(=O)c1ccc(NC(=O)C2(C(=O)O)CC2)cc1. The van der Waals surface area contributed by atoms with Crippen LogP contribution in [0.25, 0.3) is 0 Å². The second-order valence-electron chi connectivity index (χ2n) is 4.78. The normalized spacial score (nSPS) is 15.2. The van der Waals surface area contributed by atoms with E-state index in [2.05, 4.69) is 10.6 Å². The minimum atomic E-state index is -1.27. The van der Waals surface area contributed by atoms with Crippen LogP contribution in [-0.4, -0.2) is 29.4 Å². The first-order valence-electron chi connectivity index (χ1n) is 6.43. The molecule has 0 unspecified atom stereocenters. The molecule has 3 N–H and O–H groups in total. The first kappa shape index (κ1) is 14.0. The molecule has 1 saturated carbocycles. The van der Waals surface area contributed by atoms with E-state index in [9.17, 15) is 14.4 Å². The summed E-state index contributed by atoms with van der Waals surface area (Å²) in [6, 6.07) is 6.34. The zero-order chi connectivity index (χ0) is 14.8. The molecule has 1 aromatic rings. The molecule has 1 aromatic carbocycles. The number of carbonyl (C=O) groups is 3. The second-order valence-corrected chi connectivity index (χ2v) is 4.78. The standard InChI is InChI=1S/C14H16N2O4/c1-2-15-11(17)9-3-5-10(6-4-9)16-12(18)14(7-8-14)13(19)20/h3-6H,2,7-8H2,1H3,(H,15,17)(H,16,18)(H,19,20). The molecule has 0 saturated heterocycles. The van der Waals surface area contributed by atoms with Gasteiger partial charge in [-0.2, -0.15) is 0 Å². The van der Waals surface area contributed by atoms with Crippen molar-refractivity contribution in [2.45, 2.75) is 19.8 Å². The topological polar surface area (TPSA) is 95.5 Å². The summed E-state index contributed by atoms with van der Waals surface area (Å²) in [5.74, 6) is -1.78. The molecule has 2 amide bonds. The lowest BCUT2D eigenvalue weighted by Gasteiger charge is -2.11. The van der Waals surface area contributed by atoms with Crippen molar-refractivity contribution in [2.75, 3.05) is 11.9 Å². The van der Waals surface area contributed by atoms with E-state index in [1.165, 1.54) is 0 Å². The van der Waals surface area contributed by atoms with Gasteiger partial charge in [-0.25, -0.2) is 0 Å². The summed E-state index contributed by atoms with van der Waals surface area (Å²) in [6.45, 7) is 2.37. The summed E-state index contributed by atoms with van der Waals surface area (Å²) >= 11 is 0. The molecule has 2 rings (SSSR count). The highest BCUT2D eigenvalue weighted by molar-refractivity contribution is 6.10. The van der Waals surface area contributed by atoms with Gasteiger partial charge in [0.2, 0.25) is 5.91 Å². The van der Waals surface area contributed by atoms with E-state index in [4.69, 9.17) is 5.11 Å². The molecular weight excluding hydrogens is 260 g/mol. The van der Waals surface area contributed by atoms with Crippen LogP contribution < -0.4 is 10.6 Å². The van der Waals surface area contributed by atoms with E-state index in [-0.39, 0.29) is 5.91 Å². The van der Waals surface area contributed by atoms with Crippen molar-refractivity contribution < 1.29 is 19.5 Å². The molecule has 6 nitrogen and oxygen atoms in total. The molecule has 0 heterocycles. The zero-order valence-corrected chi connectivity index (χ0v) is 11.1. The average molecular weight is 276 g/mol. The lowest BCUT2D eigenvalue weighted by molar-refractivity contribution is -0.147. The number of anilines is 1. The quantitative estimate of drug-likeness (QED) is 0.705. The van der Waals surface area contributed by atoms with Gasteiger partial charge >= 0.3 is 5.97 Å². The van der Waals surface area contributed by atoms with Crippen molar-refractivity contribution >= 4 is 23.5 Å². The lowest BCUT2D eigenvalue weighted by Crippen LogP contribution is -2.31. The summed E-state index contributed by atoms with van der Waals surface area (Å²) in [5.41, 5.74) is -0.294. The Hall–Kier alpha value is -2.37. The Morgan fingerprint density at radius 2 is 1.80 bits per heavy atom. The molecule has 6 heteroatoms. The van der Waals surface area contributed by atoms with Crippen LogP contribution in [0.1, 0.15) is 30.1 Å². The van der Waals surface area contributed by atoms with Crippen molar-refractivity contribution in [3.63, 3.8) is 0 Å².